The Hall–Kier alpha value is -2.36. The van der Waals surface area contributed by atoms with Crippen LogP contribution in [0.4, 0.5) is 10.1 Å². The Kier molecular flexibility index (Phi) is 2.97. The van der Waals surface area contributed by atoms with Crippen molar-refractivity contribution in [1.29, 1.82) is 0 Å². The summed E-state index contributed by atoms with van der Waals surface area (Å²) >= 11 is 0. The van der Waals surface area contributed by atoms with Crippen LogP contribution < -0.4 is 10.5 Å². The molecule has 1 aliphatic heterocycles. The lowest BCUT2D eigenvalue weighted by atomic mass is 9.85. The fourth-order valence-corrected chi connectivity index (χ4v) is 2.51. The van der Waals surface area contributed by atoms with Crippen molar-refractivity contribution in [2.75, 3.05) is 12.3 Å². The fraction of sp³-hybridized carbons (Fsp3) is 0.235. The van der Waals surface area contributed by atoms with E-state index in [1.807, 2.05) is 12.1 Å². The minimum absolute atomic E-state index is 0.0225. The number of rotatable bonds is 2. The molecule has 108 valence electrons. The molecule has 1 heterocycles. The number of anilines is 1. The highest BCUT2D eigenvalue weighted by Gasteiger charge is 2.32. The van der Waals surface area contributed by atoms with Crippen LogP contribution in [0.3, 0.4) is 0 Å². The third-order valence-corrected chi connectivity index (χ3v) is 3.82. The van der Waals surface area contributed by atoms with E-state index in [1.165, 1.54) is 18.2 Å². The van der Waals surface area contributed by atoms with Crippen LogP contribution in [-0.2, 0) is 5.41 Å². The molecule has 0 fully saturated rings. The Balaban J connectivity index is 2.01. The molecule has 0 atom stereocenters. The van der Waals surface area contributed by atoms with Gasteiger partial charge in [0.2, 0.25) is 0 Å². The number of ketones is 1. The van der Waals surface area contributed by atoms with E-state index >= 15 is 0 Å². The molecule has 1 aliphatic rings. The van der Waals surface area contributed by atoms with Gasteiger partial charge in [0, 0.05) is 22.1 Å². The van der Waals surface area contributed by atoms with Crippen LogP contribution >= 0.6 is 0 Å². The average Bonchev–Trinajstić information content (AvgIpc) is 2.76. The summed E-state index contributed by atoms with van der Waals surface area (Å²) in [4.78, 5) is 12.5. The third-order valence-electron chi connectivity index (χ3n) is 3.82. The Morgan fingerprint density at radius 3 is 2.57 bits per heavy atom. The van der Waals surface area contributed by atoms with E-state index in [9.17, 15) is 9.18 Å². The minimum Gasteiger partial charge on any atom is -0.492 e. The number of fused-ring (bicyclic) bond motifs is 1. The van der Waals surface area contributed by atoms with Crippen LogP contribution in [0.15, 0.2) is 36.4 Å². The maximum Gasteiger partial charge on any atom is 0.193 e. The molecule has 0 amide bonds. The minimum atomic E-state index is -0.518. The molecule has 3 nitrogen and oxygen atoms in total. The molecule has 2 aromatic carbocycles. The lowest BCUT2D eigenvalue weighted by Crippen LogP contribution is -2.18. The second kappa shape index (κ2) is 4.58. The molecule has 2 N–H and O–H groups in total. The van der Waals surface area contributed by atoms with Gasteiger partial charge in [-0.15, -0.1) is 0 Å². The van der Waals surface area contributed by atoms with E-state index in [0.29, 0.717) is 17.7 Å². The van der Waals surface area contributed by atoms with Gasteiger partial charge >= 0.3 is 0 Å². The van der Waals surface area contributed by atoms with Crippen molar-refractivity contribution in [1.82, 2.24) is 0 Å². The Labute approximate surface area is 122 Å². The summed E-state index contributed by atoms with van der Waals surface area (Å²) in [5.74, 6) is 0.123. The normalized spacial score (nSPS) is 15.4. The fourth-order valence-electron chi connectivity index (χ4n) is 2.51. The topological polar surface area (TPSA) is 52.3 Å². The molecule has 0 unspecified atom stereocenters. The van der Waals surface area contributed by atoms with Crippen LogP contribution in [0.5, 0.6) is 5.75 Å². The van der Waals surface area contributed by atoms with E-state index < -0.39 is 5.82 Å². The van der Waals surface area contributed by atoms with Gasteiger partial charge in [0.25, 0.3) is 0 Å². The average molecular weight is 285 g/mol. The van der Waals surface area contributed by atoms with Crippen LogP contribution in [0.1, 0.15) is 35.3 Å². The number of halogens is 1. The van der Waals surface area contributed by atoms with Crippen molar-refractivity contribution in [2.24, 2.45) is 0 Å². The number of carbonyl (C=O) groups excluding carboxylic acids is 1. The second-order valence-corrected chi connectivity index (χ2v) is 5.95. The molecule has 21 heavy (non-hydrogen) atoms. The van der Waals surface area contributed by atoms with Crippen LogP contribution in [0.2, 0.25) is 0 Å². The highest BCUT2D eigenvalue weighted by atomic mass is 19.1. The number of carbonyl (C=O) groups is 1. The summed E-state index contributed by atoms with van der Waals surface area (Å²) in [5.41, 5.74) is 7.33. The Bertz CT molecular complexity index is 738. The standard InChI is InChI=1S/C17H16FNO2/c1-17(2)9-21-15-6-4-10(7-12(15)17)16(20)11-3-5-13(18)14(19)8-11/h3-8H,9,19H2,1-2H3. The Morgan fingerprint density at radius 2 is 1.86 bits per heavy atom. The number of benzene rings is 2. The van der Waals surface area contributed by atoms with Gasteiger partial charge in [-0.25, -0.2) is 4.39 Å². The summed E-state index contributed by atoms with van der Waals surface area (Å²) < 4.78 is 18.8. The maximum absolute atomic E-state index is 13.2. The highest BCUT2D eigenvalue weighted by molar-refractivity contribution is 6.09. The number of nitrogens with two attached hydrogens (primary N) is 1. The molecule has 0 aliphatic carbocycles. The van der Waals surface area contributed by atoms with Gasteiger partial charge < -0.3 is 10.5 Å². The van der Waals surface area contributed by atoms with E-state index in [2.05, 4.69) is 13.8 Å². The van der Waals surface area contributed by atoms with Crippen LogP contribution in [0.25, 0.3) is 0 Å². The molecule has 0 bridgehead atoms. The van der Waals surface area contributed by atoms with Gasteiger partial charge in [-0.2, -0.15) is 0 Å². The highest BCUT2D eigenvalue weighted by Crippen LogP contribution is 2.39. The van der Waals surface area contributed by atoms with E-state index in [-0.39, 0.29) is 16.9 Å². The second-order valence-electron chi connectivity index (χ2n) is 5.95. The third kappa shape index (κ3) is 2.27. The first kappa shape index (κ1) is 13.6. The van der Waals surface area contributed by atoms with Crippen LogP contribution in [-0.4, -0.2) is 12.4 Å². The molecule has 0 radical (unpaired) electrons. The summed E-state index contributed by atoms with van der Waals surface area (Å²) in [5, 5.41) is 0. The number of ether oxygens (including phenoxy) is 1. The van der Waals surface area contributed by atoms with Crippen LogP contribution in [0, 0.1) is 5.82 Å². The lowest BCUT2D eigenvalue weighted by Gasteiger charge is -2.15. The van der Waals surface area contributed by atoms with Crippen molar-refractivity contribution >= 4 is 11.5 Å². The number of nitrogen functional groups attached to an aromatic ring is 1. The SMILES string of the molecule is CC1(C)COc2ccc(C(=O)c3ccc(F)c(N)c3)cc21. The van der Waals surface area contributed by atoms with Gasteiger partial charge in [0.1, 0.15) is 11.6 Å². The zero-order valence-electron chi connectivity index (χ0n) is 11.9. The van der Waals surface area contributed by atoms with Gasteiger partial charge in [0.15, 0.2) is 5.78 Å². The number of hydrogen-bond acceptors (Lipinski definition) is 3. The van der Waals surface area contributed by atoms with E-state index in [0.717, 1.165) is 11.3 Å². The van der Waals surface area contributed by atoms with Crippen molar-refractivity contribution in [2.45, 2.75) is 19.3 Å². The van der Waals surface area contributed by atoms with Crippen molar-refractivity contribution in [3.8, 4) is 5.75 Å². The first-order chi connectivity index (χ1) is 9.88. The van der Waals surface area contributed by atoms with Gasteiger partial charge in [-0.1, -0.05) is 13.8 Å². The molecule has 3 rings (SSSR count). The largest absolute Gasteiger partial charge is 0.492 e. The molecule has 0 saturated heterocycles. The summed E-state index contributed by atoms with van der Waals surface area (Å²) in [7, 11) is 0. The lowest BCUT2D eigenvalue weighted by molar-refractivity contribution is 0.103. The smallest absolute Gasteiger partial charge is 0.193 e. The van der Waals surface area contributed by atoms with Gasteiger partial charge in [-0.3, -0.25) is 4.79 Å². The zero-order chi connectivity index (χ0) is 15.2. The van der Waals surface area contributed by atoms with Gasteiger partial charge in [0.05, 0.1) is 12.3 Å². The quantitative estimate of drug-likeness (QED) is 0.680. The maximum atomic E-state index is 13.2. The molecule has 2 aromatic rings. The van der Waals surface area contributed by atoms with E-state index in [1.54, 1.807) is 6.07 Å². The molecule has 4 heteroatoms. The molecular formula is C17H16FNO2. The first-order valence-electron chi connectivity index (χ1n) is 6.75. The molecular weight excluding hydrogens is 269 g/mol. The summed E-state index contributed by atoms with van der Waals surface area (Å²) in [6.45, 7) is 4.75. The monoisotopic (exact) mass is 285 g/mol. The first-order valence-corrected chi connectivity index (χ1v) is 6.75. The Morgan fingerprint density at radius 1 is 1.19 bits per heavy atom. The van der Waals surface area contributed by atoms with Crippen molar-refractivity contribution in [3.05, 3.63) is 58.9 Å². The molecule has 0 spiro atoms. The zero-order valence-corrected chi connectivity index (χ0v) is 11.9. The summed E-state index contributed by atoms with van der Waals surface area (Å²) in [6, 6.07) is 9.41. The molecule has 0 aromatic heterocycles. The number of hydrogen-bond donors (Lipinski definition) is 1. The predicted molar refractivity (Wildman–Crippen MR) is 79.2 cm³/mol. The van der Waals surface area contributed by atoms with E-state index in [4.69, 9.17) is 10.5 Å². The van der Waals surface area contributed by atoms with Crippen molar-refractivity contribution in [3.63, 3.8) is 0 Å². The van der Waals surface area contributed by atoms with Gasteiger partial charge in [-0.05, 0) is 36.4 Å². The predicted octanol–water partition coefficient (Wildman–Crippen LogP) is 3.31. The molecule has 0 saturated carbocycles. The summed E-state index contributed by atoms with van der Waals surface area (Å²) in [6.07, 6.45) is 0. The van der Waals surface area contributed by atoms with Crippen molar-refractivity contribution < 1.29 is 13.9 Å².